The molecule has 0 saturated heterocycles. The largest absolute Gasteiger partial charge is 0.481 e. The summed E-state index contributed by atoms with van der Waals surface area (Å²) >= 11 is 6.99. The number of rotatable bonds is 6. The molecule has 1 rings (SSSR count). The molecule has 2 N–H and O–H groups in total. The Morgan fingerprint density at radius 1 is 1.61 bits per heavy atom. The van der Waals surface area contributed by atoms with Crippen LogP contribution in [0.5, 0.6) is 0 Å². The number of thiophene rings is 1. The van der Waals surface area contributed by atoms with Crippen molar-refractivity contribution < 1.29 is 19.4 Å². The van der Waals surface area contributed by atoms with Crippen LogP contribution in [0.15, 0.2) is 24.8 Å². The quantitative estimate of drug-likeness (QED) is 0.790. The Morgan fingerprint density at radius 3 is 2.83 bits per heavy atom. The van der Waals surface area contributed by atoms with Crippen LogP contribution >= 0.6 is 22.9 Å². The molecule has 18 heavy (non-hydrogen) atoms. The maximum atomic E-state index is 11.4. The molecule has 1 heterocycles. The number of amides is 1. The second-order valence-corrected chi connectivity index (χ2v) is 5.07. The Kier molecular flexibility index (Phi) is 5.67. The zero-order valence-electron chi connectivity index (χ0n) is 9.39. The Labute approximate surface area is 113 Å². The predicted octanol–water partition coefficient (Wildman–Crippen LogP) is 2.83. The normalized spacial score (nSPS) is 11.6. The molecule has 0 spiro atoms. The molecule has 1 amide bonds. The molecular weight excluding hydrogens is 278 g/mol. The summed E-state index contributed by atoms with van der Waals surface area (Å²) in [6.45, 7) is 3.47. The molecule has 1 aromatic rings. The van der Waals surface area contributed by atoms with Crippen LogP contribution in [-0.2, 0) is 9.53 Å². The van der Waals surface area contributed by atoms with Gasteiger partial charge in [-0.1, -0.05) is 24.3 Å². The van der Waals surface area contributed by atoms with Gasteiger partial charge in [0.1, 0.15) is 6.61 Å². The first-order valence-electron chi connectivity index (χ1n) is 5.04. The fourth-order valence-corrected chi connectivity index (χ4v) is 2.34. The van der Waals surface area contributed by atoms with Crippen LogP contribution < -0.4 is 5.32 Å². The topological polar surface area (TPSA) is 75.6 Å². The maximum Gasteiger partial charge on any atom is 0.407 e. The number of carbonyl (C=O) groups is 2. The molecule has 1 unspecified atom stereocenters. The Hall–Kier alpha value is -1.53. The van der Waals surface area contributed by atoms with E-state index in [1.807, 2.05) is 0 Å². The third-order valence-electron chi connectivity index (χ3n) is 1.94. The standard InChI is InChI=1S/C11H12ClNO4S/c1-2-5-17-11(16)13-7(6-10(14)15)8-3-4-9(12)18-8/h2-4,7H,1,5-6H2,(H,13,16)(H,14,15). The van der Waals surface area contributed by atoms with Gasteiger partial charge in [-0.3, -0.25) is 4.79 Å². The number of aliphatic carboxylic acids is 1. The molecule has 7 heteroatoms. The first-order valence-corrected chi connectivity index (χ1v) is 6.23. The highest BCUT2D eigenvalue weighted by molar-refractivity contribution is 7.16. The van der Waals surface area contributed by atoms with Crippen molar-refractivity contribution in [3.05, 3.63) is 34.0 Å². The number of carboxylic acid groups (broad SMARTS) is 1. The lowest BCUT2D eigenvalue weighted by Crippen LogP contribution is -2.30. The lowest BCUT2D eigenvalue weighted by molar-refractivity contribution is -0.137. The highest BCUT2D eigenvalue weighted by Crippen LogP contribution is 2.28. The van der Waals surface area contributed by atoms with Crippen molar-refractivity contribution in [3.63, 3.8) is 0 Å². The summed E-state index contributed by atoms with van der Waals surface area (Å²) in [5, 5.41) is 11.3. The molecule has 5 nitrogen and oxygen atoms in total. The summed E-state index contributed by atoms with van der Waals surface area (Å²) in [6, 6.07) is 2.67. The number of alkyl carbamates (subject to hydrolysis) is 1. The van der Waals surface area contributed by atoms with E-state index in [9.17, 15) is 9.59 Å². The van der Waals surface area contributed by atoms with Crippen LogP contribution in [0.4, 0.5) is 4.79 Å². The van der Waals surface area contributed by atoms with E-state index in [-0.39, 0.29) is 13.0 Å². The predicted molar refractivity (Wildman–Crippen MR) is 69.0 cm³/mol. The minimum atomic E-state index is -1.02. The van der Waals surface area contributed by atoms with Gasteiger partial charge in [-0.2, -0.15) is 0 Å². The number of halogens is 1. The van der Waals surface area contributed by atoms with E-state index in [1.165, 1.54) is 17.4 Å². The Morgan fingerprint density at radius 2 is 2.33 bits per heavy atom. The summed E-state index contributed by atoms with van der Waals surface area (Å²) in [5.41, 5.74) is 0. The molecule has 0 aliphatic rings. The van der Waals surface area contributed by atoms with Crippen LogP contribution in [-0.4, -0.2) is 23.8 Å². The SMILES string of the molecule is C=CCOC(=O)NC(CC(=O)O)c1ccc(Cl)s1. The second-order valence-electron chi connectivity index (χ2n) is 3.32. The molecule has 1 aromatic heterocycles. The van der Waals surface area contributed by atoms with Crippen LogP contribution in [0, 0.1) is 0 Å². The third kappa shape index (κ3) is 4.77. The van der Waals surface area contributed by atoms with Crippen molar-refractivity contribution in [2.75, 3.05) is 6.61 Å². The molecule has 98 valence electrons. The number of ether oxygens (including phenoxy) is 1. The van der Waals surface area contributed by atoms with Crippen molar-refractivity contribution in [2.24, 2.45) is 0 Å². The lowest BCUT2D eigenvalue weighted by atomic mass is 10.2. The van der Waals surface area contributed by atoms with Gasteiger partial charge in [-0.15, -0.1) is 11.3 Å². The maximum absolute atomic E-state index is 11.4. The van der Waals surface area contributed by atoms with E-state index < -0.39 is 18.1 Å². The number of hydrogen-bond acceptors (Lipinski definition) is 4. The fourth-order valence-electron chi connectivity index (χ4n) is 1.23. The molecule has 0 aliphatic heterocycles. The average Bonchev–Trinajstić information content (AvgIpc) is 2.71. The molecule has 0 aliphatic carbocycles. The van der Waals surface area contributed by atoms with Crippen molar-refractivity contribution in [3.8, 4) is 0 Å². The first kappa shape index (κ1) is 14.5. The van der Waals surface area contributed by atoms with E-state index in [4.69, 9.17) is 21.4 Å². The van der Waals surface area contributed by atoms with Crippen LogP contribution in [0.2, 0.25) is 4.34 Å². The van der Waals surface area contributed by atoms with Gasteiger partial charge in [-0.05, 0) is 12.1 Å². The number of carboxylic acids is 1. The molecular formula is C11H12ClNO4S. The van der Waals surface area contributed by atoms with Crippen molar-refractivity contribution >= 4 is 35.0 Å². The molecule has 0 radical (unpaired) electrons. The minimum Gasteiger partial charge on any atom is -0.481 e. The molecule has 1 atom stereocenters. The highest BCUT2D eigenvalue weighted by atomic mass is 35.5. The summed E-state index contributed by atoms with van der Waals surface area (Å²) < 4.78 is 5.27. The first-order chi connectivity index (χ1) is 8.52. The fraction of sp³-hybridized carbons (Fsp3) is 0.273. The van der Waals surface area contributed by atoms with Gasteiger partial charge in [0, 0.05) is 4.88 Å². The minimum absolute atomic E-state index is 0.0663. The van der Waals surface area contributed by atoms with Gasteiger partial charge >= 0.3 is 12.1 Å². The van der Waals surface area contributed by atoms with Gasteiger partial charge in [-0.25, -0.2) is 4.79 Å². The van der Waals surface area contributed by atoms with Gasteiger partial charge in [0.2, 0.25) is 0 Å². The van der Waals surface area contributed by atoms with Crippen molar-refractivity contribution in [1.82, 2.24) is 5.32 Å². The smallest absolute Gasteiger partial charge is 0.407 e. The molecule has 0 bridgehead atoms. The van der Waals surface area contributed by atoms with Gasteiger partial charge in [0.15, 0.2) is 0 Å². The average molecular weight is 290 g/mol. The monoisotopic (exact) mass is 289 g/mol. The molecule has 0 aromatic carbocycles. The van der Waals surface area contributed by atoms with Crippen LogP contribution in [0.25, 0.3) is 0 Å². The van der Waals surface area contributed by atoms with Crippen LogP contribution in [0.3, 0.4) is 0 Å². The van der Waals surface area contributed by atoms with Gasteiger partial charge in [0.05, 0.1) is 16.8 Å². The summed E-state index contributed by atoms with van der Waals surface area (Å²) in [4.78, 5) is 22.8. The van der Waals surface area contributed by atoms with E-state index in [1.54, 1.807) is 12.1 Å². The van der Waals surface area contributed by atoms with Crippen LogP contribution in [0.1, 0.15) is 17.3 Å². The molecule has 0 fully saturated rings. The van der Waals surface area contributed by atoms with Crippen molar-refractivity contribution in [2.45, 2.75) is 12.5 Å². The number of carbonyl (C=O) groups excluding carboxylic acids is 1. The third-order valence-corrected chi connectivity index (χ3v) is 3.29. The van der Waals surface area contributed by atoms with E-state index >= 15 is 0 Å². The van der Waals surface area contributed by atoms with E-state index in [0.717, 1.165) is 0 Å². The van der Waals surface area contributed by atoms with Gasteiger partial charge < -0.3 is 15.2 Å². The van der Waals surface area contributed by atoms with Crippen molar-refractivity contribution in [1.29, 1.82) is 0 Å². The summed E-state index contributed by atoms with van der Waals surface area (Å²) in [6.07, 6.45) is 0.499. The second kappa shape index (κ2) is 7.03. The summed E-state index contributed by atoms with van der Waals surface area (Å²) in [7, 11) is 0. The number of hydrogen-bond donors (Lipinski definition) is 2. The van der Waals surface area contributed by atoms with E-state index in [0.29, 0.717) is 9.21 Å². The lowest BCUT2D eigenvalue weighted by Gasteiger charge is -2.14. The highest BCUT2D eigenvalue weighted by Gasteiger charge is 2.20. The Balaban J connectivity index is 2.69. The number of nitrogens with one attached hydrogen (secondary N) is 1. The zero-order valence-corrected chi connectivity index (χ0v) is 11.0. The van der Waals surface area contributed by atoms with Gasteiger partial charge in [0.25, 0.3) is 0 Å². The Bertz CT molecular complexity index is 446. The van der Waals surface area contributed by atoms with E-state index in [2.05, 4.69) is 11.9 Å². The zero-order chi connectivity index (χ0) is 13.5. The molecule has 0 saturated carbocycles. The summed E-state index contributed by atoms with van der Waals surface area (Å²) in [5.74, 6) is -1.02.